The highest BCUT2D eigenvalue weighted by Crippen LogP contribution is 2.34. The maximum absolute atomic E-state index is 14.9. The average Bonchev–Trinajstić information content (AvgIpc) is 3.02. The second kappa shape index (κ2) is 8.30. The third-order valence-electron chi connectivity index (χ3n) is 3.76. The fourth-order valence-electron chi connectivity index (χ4n) is 2.43. The molecule has 3 rings (SSSR count). The molecule has 0 spiro atoms. The molecule has 0 aliphatic rings. The van der Waals surface area contributed by atoms with Crippen LogP contribution in [0.2, 0.25) is 10.2 Å². The number of aromatic amines is 1. The van der Waals surface area contributed by atoms with E-state index in [-0.39, 0.29) is 39.5 Å². The minimum absolute atomic E-state index is 0.0352. The summed E-state index contributed by atoms with van der Waals surface area (Å²) in [6.07, 6.45) is 0. The van der Waals surface area contributed by atoms with E-state index < -0.39 is 11.7 Å². The van der Waals surface area contributed by atoms with Crippen molar-refractivity contribution in [2.24, 2.45) is 0 Å². The molecule has 0 atom stereocenters. The van der Waals surface area contributed by atoms with Gasteiger partial charge in [0, 0.05) is 12.1 Å². The van der Waals surface area contributed by atoms with Crippen LogP contribution in [-0.4, -0.2) is 15.9 Å². The Kier molecular flexibility index (Phi) is 5.83. The van der Waals surface area contributed by atoms with E-state index in [0.717, 1.165) is 0 Å². The van der Waals surface area contributed by atoms with Crippen LogP contribution in [0.1, 0.15) is 27.4 Å². The Morgan fingerprint density at radius 2 is 2.14 bits per heavy atom. The van der Waals surface area contributed by atoms with Crippen LogP contribution in [0, 0.1) is 24.1 Å². The summed E-state index contributed by atoms with van der Waals surface area (Å²) in [5, 5.41) is 11.6. The summed E-state index contributed by atoms with van der Waals surface area (Å²) in [5.74, 6) is -0.686. The lowest BCUT2D eigenvalue weighted by atomic mass is 10.2. The fourth-order valence-corrected chi connectivity index (χ4v) is 2.87. The Labute approximate surface area is 169 Å². The van der Waals surface area contributed by atoms with E-state index in [9.17, 15) is 9.18 Å². The van der Waals surface area contributed by atoms with Crippen LogP contribution in [0.25, 0.3) is 0 Å². The molecule has 0 bridgehead atoms. The van der Waals surface area contributed by atoms with E-state index in [1.165, 1.54) is 18.2 Å². The molecule has 1 heterocycles. The number of H-pyrrole nitrogens is 1. The first-order valence-corrected chi connectivity index (χ1v) is 8.80. The molecule has 0 saturated heterocycles. The highest BCUT2D eigenvalue weighted by molar-refractivity contribution is 6.32. The molecule has 2 aromatic carbocycles. The van der Waals surface area contributed by atoms with Gasteiger partial charge in [0.15, 0.2) is 16.7 Å². The van der Waals surface area contributed by atoms with Crippen LogP contribution in [0.5, 0.6) is 11.5 Å². The van der Waals surface area contributed by atoms with Crippen molar-refractivity contribution < 1.29 is 13.9 Å². The molecule has 1 aromatic heterocycles. The number of hydrogen-bond acceptors (Lipinski definition) is 4. The molecule has 2 N–H and O–H groups in total. The number of amides is 1. The summed E-state index contributed by atoms with van der Waals surface area (Å²) < 4.78 is 20.4. The molecule has 0 aliphatic carbocycles. The molecule has 1 amide bonds. The van der Waals surface area contributed by atoms with Crippen LogP contribution in [0.4, 0.5) is 4.39 Å². The van der Waals surface area contributed by atoms with Crippen LogP contribution in [0.3, 0.4) is 0 Å². The number of hydrogen-bond donors (Lipinski definition) is 2. The van der Waals surface area contributed by atoms with Gasteiger partial charge >= 0.3 is 0 Å². The number of benzene rings is 2. The van der Waals surface area contributed by atoms with Crippen LogP contribution in [0.15, 0.2) is 36.4 Å². The lowest BCUT2D eigenvalue weighted by molar-refractivity contribution is 0.0946. The number of nitrogens with one attached hydrogen (secondary N) is 2. The molecule has 28 heavy (non-hydrogen) atoms. The first-order chi connectivity index (χ1) is 13.4. The molecule has 3 aromatic rings. The predicted octanol–water partition coefficient (Wildman–Crippen LogP) is 4.76. The lowest BCUT2D eigenvalue weighted by Crippen LogP contribution is -2.24. The topological polar surface area (TPSA) is 90.8 Å². The zero-order valence-electron chi connectivity index (χ0n) is 14.5. The molecule has 6 nitrogen and oxygen atoms in total. The summed E-state index contributed by atoms with van der Waals surface area (Å²) in [4.78, 5) is 18.8. The number of nitrogens with zero attached hydrogens (tertiary/aromatic N) is 2. The zero-order chi connectivity index (χ0) is 20.3. The Bertz CT molecular complexity index is 1090. The quantitative estimate of drug-likeness (QED) is 0.624. The Balaban J connectivity index is 1.79. The largest absolute Gasteiger partial charge is 0.453 e. The van der Waals surface area contributed by atoms with E-state index in [4.69, 9.17) is 33.2 Å². The molecule has 0 unspecified atom stereocenters. The lowest BCUT2D eigenvalue weighted by Gasteiger charge is -2.12. The van der Waals surface area contributed by atoms with Crippen molar-refractivity contribution >= 4 is 29.1 Å². The maximum Gasteiger partial charge on any atom is 0.271 e. The summed E-state index contributed by atoms with van der Waals surface area (Å²) >= 11 is 11.9. The van der Waals surface area contributed by atoms with Crippen molar-refractivity contribution in [3.63, 3.8) is 0 Å². The minimum atomic E-state index is -0.720. The SMILES string of the molecule is Cc1nc(Cl)c(C(=O)NCc2ccc(Cl)c(Oc3cccc(C#N)c3)c2F)[nH]1. The fraction of sp³-hybridized carbons (Fsp3) is 0.105. The van der Waals surface area contributed by atoms with E-state index in [2.05, 4.69) is 15.3 Å². The second-order valence-electron chi connectivity index (χ2n) is 5.76. The Morgan fingerprint density at radius 1 is 1.36 bits per heavy atom. The Hall–Kier alpha value is -3.08. The van der Waals surface area contributed by atoms with Crippen molar-refractivity contribution in [3.05, 3.63) is 75.0 Å². The van der Waals surface area contributed by atoms with E-state index >= 15 is 0 Å². The van der Waals surface area contributed by atoms with Gasteiger partial charge in [0.05, 0.1) is 16.7 Å². The molecular formula is C19H13Cl2FN4O2. The van der Waals surface area contributed by atoms with Crippen LogP contribution < -0.4 is 10.1 Å². The molecule has 0 aliphatic heterocycles. The van der Waals surface area contributed by atoms with Gasteiger partial charge in [-0.25, -0.2) is 9.37 Å². The Morgan fingerprint density at radius 3 is 2.82 bits per heavy atom. The number of rotatable bonds is 5. The van der Waals surface area contributed by atoms with Gasteiger partial charge in [-0.3, -0.25) is 4.79 Å². The van der Waals surface area contributed by atoms with Crippen molar-refractivity contribution in [2.45, 2.75) is 13.5 Å². The van der Waals surface area contributed by atoms with E-state index in [1.807, 2.05) is 6.07 Å². The zero-order valence-corrected chi connectivity index (χ0v) is 16.0. The molecule has 0 fully saturated rings. The first-order valence-electron chi connectivity index (χ1n) is 8.04. The number of halogens is 3. The summed E-state index contributed by atoms with van der Waals surface area (Å²) in [6.45, 7) is 1.54. The maximum atomic E-state index is 14.9. The smallest absolute Gasteiger partial charge is 0.271 e. The number of carbonyl (C=O) groups is 1. The summed E-state index contributed by atoms with van der Waals surface area (Å²) in [7, 11) is 0. The van der Waals surface area contributed by atoms with Gasteiger partial charge in [-0.2, -0.15) is 5.26 Å². The number of ether oxygens (including phenoxy) is 1. The third-order valence-corrected chi connectivity index (χ3v) is 4.33. The van der Waals surface area contributed by atoms with Gasteiger partial charge in [0.1, 0.15) is 17.3 Å². The summed E-state index contributed by atoms with van der Waals surface area (Å²) in [6, 6.07) is 11.1. The third kappa shape index (κ3) is 4.25. The highest BCUT2D eigenvalue weighted by Gasteiger charge is 2.18. The van der Waals surface area contributed by atoms with Crippen molar-refractivity contribution in [2.75, 3.05) is 0 Å². The van der Waals surface area contributed by atoms with Crippen molar-refractivity contribution in [1.82, 2.24) is 15.3 Å². The molecule has 0 saturated carbocycles. The van der Waals surface area contributed by atoms with Gasteiger partial charge in [-0.15, -0.1) is 0 Å². The van der Waals surface area contributed by atoms with Gasteiger partial charge in [-0.1, -0.05) is 35.3 Å². The number of carbonyl (C=O) groups excluding carboxylic acids is 1. The standard InChI is InChI=1S/C19H13Cl2FN4O2/c1-10-25-16(18(21)26-10)19(27)24-9-12-5-6-14(20)17(15(12)22)28-13-4-2-3-11(7-13)8-23/h2-7H,9H2,1H3,(H,24,27)(H,25,26). The second-order valence-corrected chi connectivity index (χ2v) is 6.53. The molecule has 0 radical (unpaired) electrons. The van der Waals surface area contributed by atoms with Crippen molar-refractivity contribution in [1.29, 1.82) is 5.26 Å². The monoisotopic (exact) mass is 418 g/mol. The summed E-state index contributed by atoms with van der Waals surface area (Å²) in [5.41, 5.74) is 0.624. The normalized spacial score (nSPS) is 10.4. The van der Waals surface area contributed by atoms with Gasteiger partial charge in [-0.05, 0) is 31.2 Å². The number of nitriles is 1. The number of aromatic nitrogens is 2. The molecule has 142 valence electrons. The average molecular weight is 419 g/mol. The first kappa shape index (κ1) is 19.7. The van der Waals surface area contributed by atoms with Gasteiger partial charge in [0.25, 0.3) is 5.91 Å². The number of imidazole rings is 1. The molecule has 9 heteroatoms. The minimum Gasteiger partial charge on any atom is -0.453 e. The van der Waals surface area contributed by atoms with Gasteiger partial charge in [0.2, 0.25) is 0 Å². The van der Waals surface area contributed by atoms with Crippen molar-refractivity contribution in [3.8, 4) is 17.6 Å². The predicted molar refractivity (Wildman–Crippen MR) is 102 cm³/mol. The number of aryl methyl sites for hydroxylation is 1. The van der Waals surface area contributed by atoms with E-state index in [1.54, 1.807) is 25.1 Å². The van der Waals surface area contributed by atoms with Crippen LogP contribution in [-0.2, 0) is 6.54 Å². The van der Waals surface area contributed by atoms with E-state index in [0.29, 0.717) is 11.4 Å². The van der Waals surface area contributed by atoms with Gasteiger partial charge < -0.3 is 15.0 Å². The highest BCUT2D eigenvalue weighted by atomic mass is 35.5. The molecular weight excluding hydrogens is 406 g/mol. The van der Waals surface area contributed by atoms with Crippen LogP contribution >= 0.6 is 23.2 Å².